The fourth-order valence-electron chi connectivity index (χ4n) is 3.35. The summed E-state index contributed by atoms with van der Waals surface area (Å²) in [5.41, 5.74) is 2.25. The lowest BCUT2D eigenvalue weighted by Crippen LogP contribution is -2.39. The summed E-state index contributed by atoms with van der Waals surface area (Å²) >= 11 is 0. The first-order chi connectivity index (χ1) is 10.3. The van der Waals surface area contributed by atoms with Crippen molar-refractivity contribution < 1.29 is 0 Å². The number of likely N-dealkylation sites (tertiary alicyclic amines) is 1. The van der Waals surface area contributed by atoms with Crippen LogP contribution in [0.5, 0.6) is 0 Å². The van der Waals surface area contributed by atoms with Gasteiger partial charge in [0.25, 0.3) is 0 Å². The predicted molar refractivity (Wildman–Crippen MR) is 89.7 cm³/mol. The average molecular weight is 283 g/mol. The number of nitrogens with zero attached hydrogens (tertiary/aromatic N) is 2. The van der Waals surface area contributed by atoms with Crippen LogP contribution in [0, 0.1) is 5.92 Å². The van der Waals surface area contributed by atoms with Crippen molar-refractivity contribution in [3.05, 3.63) is 36.5 Å². The number of pyridine rings is 1. The Morgan fingerprint density at radius 2 is 2.00 bits per heavy atom. The number of benzene rings is 1. The van der Waals surface area contributed by atoms with E-state index in [9.17, 15) is 0 Å². The first-order valence-corrected chi connectivity index (χ1v) is 8.10. The first kappa shape index (κ1) is 14.3. The Hall–Kier alpha value is -1.61. The summed E-state index contributed by atoms with van der Waals surface area (Å²) in [5, 5.41) is 4.91. The topological polar surface area (TPSA) is 28.2 Å². The molecule has 1 aromatic heterocycles. The molecule has 0 radical (unpaired) electrons. The van der Waals surface area contributed by atoms with Crippen molar-refractivity contribution in [2.75, 3.05) is 25.0 Å². The summed E-state index contributed by atoms with van der Waals surface area (Å²) in [5.74, 6) is 0.756. The molecule has 0 bridgehead atoms. The van der Waals surface area contributed by atoms with Gasteiger partial charge in [0, 0.05) is 17.6 Å². The zero-order valence-corrected chi connectivity index (χ0v) is 13.0. The number of rotatable bonds is 4. The van der Waals surface area contributed by atoms with E-state index in [4.69, 9.17) is 0 Å². The second kappa shape index (κ2) is 6.44. The molecule has 1 aliphatic heterocycles. The van der Waals surface area contributed by atoms with Crippen LogP contribution < -0.4 is 5.32 Å². The number of para-hydroxylation sites is 1. The summed E-state index contributed by atoms with van der Waals surface area (Å²) in [6, 6.07) is 11.0. The van der Waals surface area contributed by atoms with Crippen molar-refractivity contribution in [3.63, 3.8) is 0 Å². The summed E-state index contributed by atoms with van der Waals surface area (Å²) in [6.45, 7) is 8.22. The lowest BCUT2D eigenvalue weighted by Gasteiger charge is -2.35. The van der Waals surface area contributed by atoms with Crippen LogP contribution in [0.25, 0.3) is 10.9 Å². The van der Waals surface area contributed by atoms with Gasteiger partial charge >= 0.3 is 0 Å². The number of piperidine rings is 1. The van der Waals surface area contributed by atoms with Gasteiger partial charge in [0.15, 0.2) is 0 Å². The Labute approximate surface area is 127 Å². The molecule has 1 fully saturated rings. The molecule has 1 aliphatic rings. The van der Waals surface area contributed by atoms with Crippen molar-refractivity contribution in [1.29, 1.82) is 0 Å². The zero-order valence-electron chi connectivity index (χ0n) is 13.0. The number of fused-ring (bicyclic) bond motifs is 1. The molecule has 0 saturated carbocycles. The monoisotopic (exact) mass is 283 g/mol. The van der Waals surface area contributed by atoms with E-state index in [0.717, 1.165) is 11.4 Å². The fraction of sp³-hybridized carbons (Fsp3) is 0.500. The molecule has 2 heterocycles. The molecule has 1 N–H and O–H groups in total. The first-order valence-electron chi connectivity index (χ1n) is 8.10. The zero-order chi connectivity index (χ0) is 14.7. The largest absolute Gasteiger partial charge is 0.381 e. The third-order valence-electron chi connectivity index (χ3n) is 4.80. The highest BCUT2D eigenvalue weighted by Crippen LogP contribution is 2.26. The molecule has 2 aromatic rings. The molecule has 0 spiro atoms. The highest BCUT2D eigenvalue weighted by Gasteiger charge is 2.23. The molecule has 3 nitrogen and oxygen atoms in total. The number of hydrogen-bond donors (Lipinski definition) is 1. The second-order valence-corrected chi connectivity index (χ2v) is 6.09. The Morgan fingerprint density at radius 1 is 1.24 bits per heavy atom. The van der Waals surface area contributed by atoms with Crippen LogP contribution in [0.15, 0.2) is 36.5 Å². The predicted octanol–water partition coefficient (Wildman–Crippen LogP) is 3.77. The average Bonchev–Trinajstić information content (AvgIpc) is 2.55. The normalized spacial score (nSPS) is 18.8. The molecular formula is C18H25N3. The minimum Gasteiger partial charge on any atom is -0.381 e. The molecule has 1 unspecified atom stereocenters. The Kier molecular flexibility index (Phi) is 4.39. The highest BCUT2D eigenvalue weighted by atomic mass is 15.1. The van der Waals surface area contributed by atoms with E-state index in [-0.39, 0.29) is 0 Å². The van der Waals surface area contributed by atoms with E-state index in [1.165, 1.54) is 43.5 Å². The Bertz CT molecular complexity index is 583. The Balaban J connectivity index is 1.70. The van der Waals surface area contributed by atoms with E-state index in [2.05, 4.69) is 53.3 Å². The molecule has 1 saturated heterocycles. The summed E-state index contributed by atoms with van der Waals surface area (Å²) in [7, 11) is 0. The van der Waals surface area contributed by atoms with Crippen LogP contribution in [-0.4, -0.2) is 35.6 Å². The quantitative estimate of drug-likeness (QED) is 0.926. The van der Waals surface area contributed by atoms with E-state index in [1.54, 1.807) is 0 Å². The van der Waals surface area contributed by atoms with Crippen molar-refractivity contribution in [1.82, 2.24) is 9.88 Å². The van der Waals surface area contributed by atoms with Gasteiger partial charge < -0.3 is 10.2 Å². The van der Waals surface area contributed by atoms with Gasteiger partial charge in [-0.15, -0.1) is 0 Å². The number of anilines is 1. The molecule has 0 aliphatic carbocycles. The van der Waals surface area contributed by atoms with Crippen molar-refractivity contribution in [2.45, 2.75) is 32.7 Å². The standard InChI is InChI=1S/C18H25N3/c1-3-21-12-9-15(10-13-21)14(2)20-17-8-4-6-16-7-5-11-19-18(16)17/h4-8,11,14-15,20H,3,9-10,12-13H2,1-2H3. The molecular weight excluding hydrogens is 258 g/mol. The lowest BCUT2D eigenvalue weighted by molar-refractivity contribution is 0.183. The lowest BCUT2D eigenvalue weighted by atomic mass is 9.90. The maximum Gasteiger partial charge on any atom is 0.0933 e. The number of aromatic nitrogens is 1. The minimum absolute atomic E-state index is 0.497. The molecule has 3 rings (SSSR count). The highest BCUT2D eigenvalue weighted by molar-refractivity contribution is 5.90. The van der Waals surface area contributed by atoms with Crippen LogP contribution in [0.3, 0.4) is 0 Å². The third-order valence-corrected chi connectivity index (χ3v) is 4.80. The van der Waals surface area contributed by atoms with Crippen LogP contribution in [0.1, 0.15) is 26.7 Å². The van der Waals surface area contributed by atoms with Gasteiger partial charge in [-0.25, -0.2) is 0 Å². The van der Waals surface area contributed by atoms with Crippen molar-refractivity contribution in [2.24, 2.45) is 5.92 Å². The van der Waals surface area contributed by atoms with E-state index in [1.807, 2.05) is 12.3 Å². The number of nitrogens with one attached hydrogen (secondary N) is 1. The fourth-order valence-corrected chi connectivity index (χ4v) is 3.35. The van der Waals surface area contributed by atoms with E-state index >= 15 is 0 Å². The SMILES string of the molecule is CCN1CCC(C(C)Nc2cccc3cccnc23)CC1. The molecule has 112 valence electrons. The second-order valence-electron chi connectivity index (χ2n) is 6.09. The van der Waals surface area contributed by atoms with Gasteiger partial charge in [-0.3, -0.25) is 4.98 Å². The van der Waals surface area contributed by atoms with Gasteiger partial charge in [-0.1, -0.05) is 25.1 Å². The van der Waals surface area contributed by atoms with Crippen molar-refractivity contribution >= 4 is 16.6 Å². The molecule has 0 amide bonds. The molecule has 1 atom stereocenters. The van der Waals surface area contributed by atoms with Crippen LogP contribution in [0.4, 0.5) is 5.69 Å². The van der Waals surface area contributed by atoms with E-state index in [0.29, 0.717) is 6.04 Å². The van der Waals surface area contributed by atoms with Gasteiger partial charge in [-0.2, -0.15) is 0 Å². The summed E-state index contributed by atoms with van der Waals surface area (Å²) in [4.78, 5) is 7.08. The number of hydrogen-bond acceptors (Lipinski definition) is 3. The van der Waals surface area contributed by atoms with Gasteiger partial charge in [0.2, 0.25) is 0 Å². The van der Waals surface area contributed by atoms with Crippen LogP contribution >= 0.6 is 0 Å². The smallest absolute Gasteiger partial charge is 0.0933 e. The third kappa shape index (κ3) is 3.18. The Morgan fingerprint density at radius 3 is 2.76 bits per heavy atom. The molecule has 21 heavy (non-hydrogen) atoms. The summed E-state index contributed by atoms with van der Waals surface area (Å²) < 4.78 is 0. The van der Waals surface area contributed by atoms with Crippen LogP contribution in [-0.2, 0) is 0 Å². The molecule has 3 heteroatoms. The van der Waals surface area contributed by atoms with Crippen LogP contribution in [0.2, 0.25) is 0 Å². The minimum atomic E-state index is 0.497. The maximum atomic E-state index is 4.53. The maximum absolute atomic E-state index is 4.53. The van der Waals surface area contributed by atoms with Gasteiger partial charge in [0.1, 0.15) is 0 Å². The van der Waals surface area contributed by atoms with E-state index < -0.39 is 0 Å². The van der Waals surface area contributed by atoms with Gasteiger partial charge in [-0.05, 0) is 57.5 Å². The van der Waals surface area contributed by atoms with Crippen molar-refractivity contribution in [3.8, 4) is 0 Å². The molecule has 1 aromatic carbocycles. The summed E-state index contributed by atoms with van der Waals surface area (Å²) in [6.07, 6.45) is 4.46. The van der Waals surface area contributed by atoms with Gasteiger partial charge in [0.05, 0.1) is 11.2 Å².